The number of hydrogen-bond donors (Lipinski definition) is 1. The quantitative estimate of drug-likeness (QED) is 0.348. The number of benzene rings is 1. The molecule has 0 fully saturated rings. The molecule has 0 aliphatic rings. The Balaban J connectivity index is 1.48. The van der Waals surface area contributed by atoms with E-state index in [1.54, 1.807) is 48.5 Å². The number of aromatic nitrogens is 4. The molecule has 5 rings (SSSR count). The molecule has 10 heteroatoms. The number of hydrogen-bond acceptors (Lipinski definition) is 9. The molecule has 0 aliphatic heterocycles. The maximum atomic E-state index is 13.4. The summed E-state index contributed by atoms with van der Waals surface area (Å²) in [5.41, 5.74) is 5.03. The monoisotopic (exact) mass is 503 g/mol. The summed E-state index contributed by atoms with van der Waals surface area (Å²) < 4.78 is 5.49. The Bertz CT molecular complexity index is 1750. The summed E-state index contributed by atoms with van der Waals surface area (Å²) in [5, 5.41) is 21.6. The van der Waals surface area contributed by atoms with Gasteiger partial charge in [-0.2, -0.15) is 10.5 Å². The molecular weight excluding hydrogens is 486 g/mol. The number of nitrogens with zero attached hydrogens (tertiary/aromatic N) is 6. The fourth-order valence-electron chi connectivity index (χ4n) is 3.74. The Hall–Kier alpha value is -5.19. The standard InChI is InChI=1S/C27H17N7O2S/c1-15-9-18(19-10-16(11-28)4-8-24(19)36-2)20(14-30-15)25(35)34-27-33-23-7-6-22(32-26(23)37-27)21-5-3-17(12-29)13-31-21/h3-10,13-14H,1-2H3,(H,33,34,35). The predicted molar refractivity (Wildman–Crippen MR) is 139 cm³/mol. The van der Waals surface area contributed by atoms with Crippen LogP contribution in [0.4, 0.5) is 5.13 Å². The van der Waals surface area contributed by atoms with Gasteiger partial charge in [0.25, 0.3) is 5.91 Å². The molecular formula is C27H17N7O2S. The molecule has 4 aromatic heterocycles. The van der Waals surface area contributed by atoms with E-state index in [0.29, 0.717) is 66.1 Å². The van der Waals surface area contributed by atoms with Crippen molar-refractivity contribution in [2.75, 3.05) is 12.4 Å². The number of anilines is 1. The largest absolute Gasteiger partial charge is 0.496 e. The van der Waals surface area contributed by atoms with Crippen LogP contribution in [0, 0.1) is 29.6 Å². The molecule has 1 N–H and O–H groups in total. The molecule has 0 unspecified atom stereocenters. The smallest absolute Gasteiger partial charge is 0.259 e. The highest BCUT2D eigenvalue weighted by Gasteiger charge is 2.19. The number of amides is 1. The van der Waals surface area contributed by atoms with E-state index in [4.69, 9.17) is 10.00 Å². The fourth-order valence-corrected chi connectivity index (χ4v) is 4.57. The summed E-state index contributed by atoms with van der Waals surface area (Å²) in [5.74, 6) is 0.131. The number of nitriles is 2. The van der Waals surface area contributed by atoms with Gasteiger partial charge in [0, 0.05) is 29.2 Å². The number of rotatable bonds is 5. The summed E-state index contributed by atoms with van der Waals surface area (Å²) in [6.07, 6.45) is 2.99. The second-order valence-electron chi connectivity index (χ2n) is 7.94. The summed E-state index contributed by atoms with van der Waals surface area (Å²) in [6.45, 7) is 1.82. The molecule has 37 heavy (non-hydrogen) atoms. The molecule has 1 amide bonds. The minimum atomic E-state index is -0.403. The first-order valence-corrected chi connectivity index (χ1v) is 11.8. The van der Waals surface area contributed by atoms with Crippen molar-refractivity contribution in [3.05, 3.63) is 83.3 Å². The molecule has 9 nitrogen and oxygen atoms in total. The van der Waals surface area contributed by atoms with Crippen LogP contribution in [-0.2, 0) is 0 Å². The van der Waals surface area contributed by atoms with Gasteiger partial charge in [-0.3, -0.25) is 20.1 Å². The van der Waals surface area contributed by atoms with Crippen LogP contribution in [0.15, 0.2) is 60.9 Å². The average molecular weight is 504 g/mol. The van der Waals surface area contributed by atoms with Crippen LogP contribution in [0.5, 0.6) is 5.75 Å². The van der Waals surface area contributed by atoms with Crippen molar-refractivity contribution in [3.8, 4) is 40.4 Å². The Labute approximate surface area is 215 Å². The van der Waals surface area contributed by atoms with Crippen molar-refractivity contribution in [3.63, 3.8) is 0 Å². The van der Waals surface area contributed by atoms with Crippen molar-refractivity contribution in [1.82, 2.24) is 19.9 Å². The summed E-state index contributed by atoms with van der Waals surface area (Å²) >= 11 is 1.23. The molecule has 178 valence electrons. The van der Waals surface area contributed by atoms with Crippen LogP contribution in [-0.4, -0.2) is 33.0 Å². The number of fused-ring (bicyclic) bond motifs is 1. The second-order valence-corrected chi connectivity index (χ2v) is 8.91. The van der Waals surface area contributed by atoms with Crippen LogP contribution in [0.3, 0.4) is 0 Å². The van der Waals surface area contributed by atoms with E-state index in [1.807, 2.05) is 13.0 Å². The minimum absolute atomic E-state index is 0.314. The molecule has 0 bridgehead atoms. The van der Waals surface area contributed by atoms with Crippen LogP contribution in [0.1, 0.15) is 27.2 Å². The molecule has 0 aliphatic carbocycles. The highest BCUT2D eigenvalue weighted by Crippen LogP contribution is 2.34. The van der Waals surface area contributed by atoms with E-state index < -0.39 is 5.91 Å². The topological polar surface area (TPSA) is 137 Å². The van der Waals surface area contributed by atoms with Gasteiger partial charge in [0.1, 0.15) is 22.2 Å². The molecule has 0 radical (unpaired) electrons. The Kier molecular flexibility index (Phi) is 6.25. The Morgan fingerprint density at radius 3 is 2.43 bits per heavy atom. The molecule has 0 atom stereocenters. The summed E-state index contributed by atoms with van der Waals surface area (Å²) in [7, 11) is 1.54. The van der Waals surface area contributed by atoms with E-state index >= 15 is 0 Å². The molecule has 5 aromatic rings. The van der Waals surface area contributed by atoms with Gasteiger partial charge in [-0.25, -0.2) is 9.97 Å². The normalized spacial score (nSPS) is 10.5. The van der Waals surface area contributed by atoms with E-state index in [0.717, 1.165) is 0 Å². The number of carbonyl (C=O) groups excluding carboxylic acids is 1. The molecule has 0 saturated carbocycles. The van der Waals surface area contributed by atoms with E-state index in [1.165, 1.54) is 30.8 Å². The lowest BCUT2D eigenvalue weighted by Crippen LogP contribution is -2.14. The maximum Gasteiger partial charge on any atom is 0.259 e. The maximum absolute atomic E-state index is 13.4. The van der Waals surface area contributed by atoms with E-state index in [-0.39, 0.29) is 0 Å². The first-order chi connectivity index (χ1) is 18.0. The van der Waals surface area contributed by atoms with E-state index in [9.17, 15) is 10.1 Å². The van der Waals surface area contributed by atoms with Gasteiger partial charge in [0.2, 0.25) is 0 Å². The van der Waals surface area contributed by atoms with Gasteiger partial charge >= 0.3 is 0 Å². The van der Waals surface area contributed by atoms with Crippen LogP contribution < -0.4 is 10.1 Å². The van der Waals surface area contributed by atoms with Crippen molar-refractivity contribution in [1.29, 1.82) is 10.5 Å². The van der Waals surface area contributed by atoms with E-state index in [2.05, 4.69) is 31.3 Å². The number of aryl methyl sites for hydroxylation is 1. The lowest BCUT2D eigenvalue weighted by molar-refractivity contribution is 0.102. The van der Waals surface area contributed by atoms with Gasteiger partial charge in [-0.05, 0) is 55.5 Å². The SMILES string of the molecule is COc1ccc(C#N)cc1-c1cc(C)ncc1C(=O)Nc1nc2ccc(-c3ccc(C#N)cn3)nc2s1. The number of nitrogens with one attached hydrogen (secondary N) is 1. The highest BCUT2D eigenvalue weighted by atomic mass is 32.1. The molecule has 0 spiro atoms. The second kappa shape index (κ2) is 9.82. The number of pyridine rings is 3. The number of thiazole rings is 1. The van der Waals surface area contributed by atoms with Crippen LogP contribution >= 0.6 is 11.3 Å². The Morgan fingerprint density at radius 2 is 1.70 bits per heavy atom. The summed E-state index contributed by atoms with van der Waals surface area (Å²) in [4.78, 5) is 31.7. The van der Waals surface area contributed by atoms with Crippen molar-refractivity contribution in [2.24, 2.45) is 0 Å². The molecule has 4 heterocycles. The van der Waals surface area contributed by atoms with Crippen molar-refractivity contribution < 1.29 is 9.53 Å². The van der Waals surface area contributed by atoms with Gasteiger partial charge in [-0.15, -0.1) is 0 Å². The van der Waals surface area contributed by atoms with Gasteiger partial charge < -0.3 is 4.74 Å². The highest BCUT2D eigenvalue weighted by molar-refractivity contribution is 7.22. The zero-order chi connectivity index (χ0) is 25.9. The predicted octanol–water partition coefficient (Wildman–Crippen LogP) is 5.13. The van der Waals surface area contributed by atoms with Crippen molar-refractivity contribution >= 4 is 32.7 Å². The zero-order valence-corrected chi connectivity index (χ0v) is 20.5. The third kappa shape index (κ3) is 4.69. The first-order valence-electron chi connectivity index (χ1n) is 11.0. The van der Waals surface area contributed by atoms with Gasteiger partial charge in [-0.1, -0.05) is 11.3 Å². The summed E-state index contributed by atoms with van der Waals surface area (Å²) in [6, 6.07) is 18.0. The fraction of sp³-hybridized carbons (Fsp3) is 0.0741. The first kappa shape index (κ1) is 23.5. The number of carbonyl (C=O) groups is 1. The van der Waals surface area contributed by atoms with Crippen LogP contribution in [0.2, 0.25) is 0 Å². The third-order valence-electron chi connectivity index (χ3n) is 5.54. The van der Waals surface area contributed by atoms with Crippen molar-refractivity contribution in [2.45, 2.75) is 6.92 Å². The zero-order valence-electron chi connectivity index (χ0n) is 19.7. The van der Waals surface area contributed by atoms with Gasteiger partial charge in [0.15, 0.2) is 5.13 Å². The third-order valence-corrected chi connectivity index (χ3v) is 6.42. The van der Waals surface area contributed by atoms with Gasteiger partial charge in [0.05, 0.1) is 41.3 Å². The average Bonchev–Trinajstić information content (AvgIpc) is 3.34. The lowest BCUT2D eigenvalue weighted by atomic mass is 9.97. The Morgan fingerprint density at radius 1 is 0.919 bits per heavy atom. The number of methoxy groups -OCH3 is 1. The lowest BCUT2D eigenvalue weighted by Gasteiger charge is -2.13. The molecule has 1 aromatic carbocycles. The van der Waals surface area contributed by atoms with Crippen LogP contribution in [0.25, 0.3) is 32.9 Å². The molecule has 0 saturated heterocycles. The minimum Gasteiger partial charge on any atom is -0.496 e. The number of ether oxygens (including phenoxy) is 1.